The number of guanidine groups is 1. The van der Waals surface area contributed by atoms with Crippen molar-refractivity contribution >= 4 is 29.9 Å². The van der Waals surface area contributed by atoms with Crippen molar-refractivity contribution in [2.24, 2.45) is 10.9 Å². The molecule has 1 saturated heterocycles. The highest BCUT2D eigenvalue weighted by Gasteiger charge is 2.18. The van der Waals surface area contributed by atoms with Gasteiger partial charge in [0, 0.05) is 33.7 Å². The summed E-state index contributed by atoms with van der Waals surface area (Å²) in [6, 6.07) is 8.19. The Hall–Kier alpha value is -1.02. The monoisotopic (exact) mass is 446 g/mol. The van der Waals surface area contributed by atoms with Crippen molar-refractivity contribution in [2.45, 2.75) is 19.4 Å². The van der Waals surface area contributed by atoms with Gasteiger partial charge in [0.1, 0.15) is 5.75 Å². The van der Waals surface area contributed by atoms with E-state index in [1.807, 2.05) is 19.2 Å². The van der Waals surface area contributed by atoms with Crippen LogP contribution < -0.4 is 10.1 Å². The molecule has 1 aromatic carbocycles. The second-order valence-corrected chi connectivity index (χ2v) is 6.40. The fourth-order valence-electron chi connectivity index (χ4n) is 3.14. The number of hydrogen-bond donors (Lipinski definition) is 1. The first-order valence-corrected chi connectivity index (χ1v) is 8.35. The Labute approximate surface area is 163 Å². The number of piperidine rings is 1. The molecular formula is C18H31IN4O. The van der Waals surface area contributed by atoms with Gasteiger partial charge in [0.25, 0.3) is 0 Å². The summed E-state index contributed by atoms with van der Waals surface area (Å²) >= 11 is 0. The first-order valence-electron chi connectivity index (χ1n) is 8.35. The fourth-order valence-corrected chi connectivity index (χ4v) is 3.14. The summed E-state index contributed by atoms with van der Waals surface area (Å²) in [6.45, 7) is 4.22. The van der Waals surface area contributed by atoms with Gasteiger partial charge in [0.15, 0.2) is 5.96 Å². The van der Waals surface area contributed by atoms with Crippen molar-refractivity contribution in [3.05, 3.63) is 29.8 Å². The average Bonchev–Trinajstić information content (AvgIpc) is 2.56. The predicted molar refractivity (Wildman–Crippen MR) is 111 cm³/mol. The first-order chi connectivity index (χ1) is 11.1. The second kappa shape index (κ2) is 10.8. The Morgan fingerprint density at radius 2 is 2.08 bits per heavy atom. The number of nitrogens with one attached hydrogen (secondary N) is 1. The lowest BCUT2D eigenvalue weighted by molar-refractivity contribution is 0.209. The Kier molecular flexibility index (Phi) is 9.43. The fraction of sp³-hybridized carbons (Fsp3) is 0.611. The van der Waals surface area contributed by atoms with Crippen molar-refractivity contribution in [1.82, 2.24) is 15.1 Å². The van der Waals surface area contributed by atoms with Gasteiger partial charge < -0.3 is 19.9 Å². The van der Waals surface area contributed by atoms with Crippen LogP contribution in [-0.4, -0.2) is 63.6 Å². The topological polar surface area (TPSA) is 40.1 Å². The number of methoxy groups -OCH3 is 1. The standard InChI is InChI=1S/C18H30N4O.HI/c1-19-18(20-12-16-6-5-11-21(2)13-16)22(3)14-15-7-9-17(23-4)10-8-15;/h7-10,16H,5-6,11-14H2,1-4H3,(H,19,20);1H. The molecule has 0 bridgehead atoms. The van der Waals surface area contributed by atoms with Crippen LogP contribution in [0.4, 0.5) is 0 Å². The average molecular weight is 446 g/mol. The molecule has 136 valence electrons. The lowest BCUT2D eigenvalue weighted by Gasteiger charge is -2.31. The summed E-state index contributed by atoms with van der Waals surface area (Å²) in [5.41, 5.74) is 1.24. The van der Waals surface area contributed by atoms with E-state index in [9.17, 15) is 0 Å². The van der Waals surface area contributed by atoms with Crippen LogP contribution in [0.15, 0.2) is 29.3 Å². The second-order valence-electron chi connectivity index (χ2n) is 6.40. The molecular weight excluding hydrogens is 415 g/mol. The zero-order valence-corrected chi connectivity index (χ0v) is 17.6. The molecule has 1 aromatic rings. The molecule has 0 saturated carbocycles. The molecule has 0 aliphatic carbocycles. The number of halogens is 1. The molecule has 1 atom stereocenters. The summed E-state index contributed by atoms with van der Waals surface area (Å²) in [4.78, 5) is 8.99. The third kappa shape index (κ3) is 6.47. The molecule has 0 aromatic heterocycles. The highest BCUT2D eigenvalue weighted by atomic mass is 127. The summed E-state index contributed by atoms with van der Waals surface area (Å²) in [7, 11) is 7.82. The molecule has 5 nitrogen and oxygen atoms in total. The Morgan fingerprint density at radius 3 is 2.67 bits per heavy atom. The highest BCUT2D eigenvalue weighted by molar-refractivity contribution is 14.0. The highest BCUT2D eigenvalue weighted by Crippen LogP contribution is 2.15. The van der Waals surface area contributed by atoms with E-state index < -0.39 is 0 Å². The minimum atomic E-state index is 0. The van der Waals surface area contributed by atoms with Crippen LogP contribution >= 0.6 is 24.0 Å². The Morgan fingerprint density at radius 1 is 1.38 bits per heavy atom. The van der Waals surface area contributed by atoms with Gasteiger partial charge in [-0.3, -0.25) is 4.99 Å². The van der Waals surface area contributed by atoms with Crippen LogP contribution in [0.25, 0.3) is 0 Å². The molecule has 2 rings (SSSR count). The molecule has 1 aliphatic rings. The Balaban J connectivity index is 0.00000288. The van der Waals surface area contributed by atoms with Crippen LogP contribution in [0, 0.1) is 5.92 Å². The molecule has 1 fully saturated rings. The van der Waals surface area contributed by atoms with Gasteiger partial charge >= 0.3 is 0 Å². The number of benzene rings is 1. The maximum atomic E-state index is 5.20. The quantitative estimate of drug-likeness (QED) is 0.429. The molecule has 1 unspecified atom stereocenters. The third-order valence-electron chi connectivity index (χ3n) is 4.42. The van der Waals surface area contributed by atoms with Crippen LogP contribution in [-0.2, 0) is 6.54 Å². The van der Waals surface area contributed by atoms with Crippen LogP contribution in [0.3, 0.4) is 0 Å². The minimum absolute atomic E-state index is 0. The zero-order chi connectivity index (χ0) is 16.7. The normalized spacial score (nSPS) is 18.7. The number of rotatable bonds is 5. The van der Waals surface area contributed by atoms with E-state index in [2.05, 4.69) is 46.3 Å². The molecule has 0 amide bonds. The smallest absolute Gasteiger partial charge is 0.193 e. The molecule has 1 N–H and O–H groups in total. The lowest BCUT2D eigenvalue weighted by Crippen LogP contribution is -2.44. The molecule has 1 aliphatic heterocycles. The SMILES string of the molecule is CN=C(NCC1CCCN(C)C1)N(C)Cc1ccc(OC)cc1.I. The van der Waals surface area contributed by atoms with E-state index in [1.165, 1.54) is 31.5 Å². The van der Waals surface area contributed by atoms with Crippen LogP contribution in [0.1, 0.15) is 18.4 Å². The van der Waals surface area contributed by atoms with E-state index >= 15 is 0 Å². The van der Waals surface area contributed by atoms with Gasteiger partial charge in [0.05, 0.1) is 7.11 Å². The Bertz CT molecular complexity index is 506. The van der Waals surface area contributed by atoms with Gasteiger partial charge in [-0.05, 0) is 50.0 Å². The van der Waals surface area contributed by atoms with Crippen molar-refractivity contribution in [2.75, 3.05) is 47.9 Å². The number of nitrogens with zero attached hydrogens (tertiary/aromatic N) is 3. The van der Waals surface area contributed by atoms with E-state index in [4.69, 9.17) is 4.74 Å². The van der Waals surface area contributed by atoms with Crippen molar-refractivity contribution < 1.29 is 4.74 Å². The van der Waals surface area contributed by atoms with E-state index in [0.717, 1.165) is 24.8 Å². The molecule has 0 spiro atoms. The maximum Gasteiger partial charge on any atom is 0.193 e. The number of hydrogen-bond acceptors (Lipinski definition) is 3. The van der Waals surface area contributed by atoms with Crippen molar-refractivity contribution in [1.29, 1.82) is 0 Å². The van der Waals surface area contributed by atoms with Crippen molar-refractivity contribution in [3.63, 3.8) is 0 Å². The number of likely N-dealkylation sites (tertiary alicyclic amines) is 1. The molecule has 0 radical (unpaired) electrons. The molecule has 1 heterocycles. The minimum Gasteiger partial charge on any atom is -0.497 e. The summed E-state index contributed by atoms with van der Waals surface area (Å²) in [6.07, 6.45) is 2.60. The van der Waals surface area contributed by atoms with Crippen LogP contribution in [0.5, 0.6) is 5.75 Å². The predicted octanol–water partition coefficient (Wildman–Crippen LogP) is 2.66. The first kappa shape index (κ1) is 21.0. The van der Waals surface area contributed by atoms with E-state index in [1.54, 1.807) is 7.11 Å². The largest absolute Gasteiger partial charge is 0.497 e. The zero-order valence-electron chi connectivity index (χ0n) is 15.3. The summed E-state index contributed by atoms with van der Waals surface area (Å²) < 4.78 is 5.20. The summed E-state index contributed by atoms with van der Waals surface area (Å²) in [5.74, 6) is 2.55. The van der Waals surface area contributed by atoms with Gasteiger partial charge in [-0.2, -0.15) is 0 Å². The molecule has 6 heteroatoms. The van der Waals surface area contributed by atoms with Gasteiger partial charge in [0.2, 0.25) is 0 Å². The van der Waals surface area contributed by atoms with Crippen molar-refractivity contribution in [3.8, 4) is 5.75 Å². The summed E-state index contributed by atoms with van der Waals surface area (Å²) in [5, 5.41) is 3.53. The van der Waals surface area contributed by atoms with Crippen LogP contribution in [0.2, 0.25) is 0 Å². The maximum absolute atomic E-state index is 5.20. The third-order valence-corrected chi connectivity index (χ3v) is 4.42. The van der Waals surface area contributed by atoms with Gasteiger partial charge in [-0.1, -0.05) is 12.1 Å². The number of aliphatic imine (C=N–C) groups is 1. The lowest BCUT2D eigenvalue weighted by atomic mass is 9.98. The van der Waals surface area contributed by atoms with Gasteiger partial charge in [-0.15, -0.1) is 24.0 Å². The number of ether oxygens (including phenoxy) is 1. The van der Waals surface area contributed by atoms with E-state index in [-0.39, 0.29) is 24.0 Å². The van der Waals surface area contributed by atoms with E-state index in [0.29, 0.717) is 5.92 Å². The molecule has 24 heavy (non-hydrogen) atoms. The van der Waals surface area contributed by atoms with Gasteiger partial charge in [-0.25, -0.2) is 0 Å².